The van der Waals surface area contributed by atoms with Crippen molar-refractivity contribution in [1.29, 1.82) is 0 Å². The zero-order valence-electron chi connectivity index (χ0n) is 6.12. The molecule has 0 aliphatic heterocycles. The number of rotatable bonds is 0. The molecule has 0 fully saturated rings. The number of nitrogens with two attached hydrogens (primary N) is 1. The lowest BCUT2D eigenvalue weighted by atomic mass is 10.1. The lowest BCUT2D eigenvalue weighted by Crippen LogP contribution is -2.10. The first-order chi connectivity index (χ1) is 5.84. The van der Waals surface area contributed by atoms with E-state index >= 15 is 0 Å². The van der Waals surface area contributed by atoms with Gasteiger partial charge in [0.05, 0.1) is 16.3 Å². The van der Waals surface area contributed by atoms with Gasteiger partial charge in [-0.1, -0.05) is 11.6 Å². The molecular formula is C7H4ClF4N. The maximum Gasteiger partial charge on any atom is 0.418 e. The predicted molar refractivity (Wildman–Crippen MR) is 40.8 cm³/mol. The van der Waals surface area contributed by atoms with Gasteiger partial charge < -0.3 is 5.73 Å². The minimum absolute atomic E-state index is 0.425. The van der Waals surface area contributed by atoms with Crippen LogP contribution in [-0.2, 0) is 6.18 Å². The first-order valence-corrected chi connectivity index (χ1v) is 3.52. The van der Waals surface area contributed by atoms with Crippen molar-refractivity contribution in [3.63, 3.8) is 0 Å². The molecule has 0 bridgehead atoms. The molecule has 0 saturated carbocycles. The minimum atomic E-state index is -4.66. The van der Waals surface area contributed by atoms with Gasteiger partial charge in [0.1, 0.15) is 0 Å². The van der Waals surface area contributed by atoms with Gasteiger partial charge in [-0.15, -0.1) is 0 Å². The molecule has 1 rings (SSSR count). The zero-order valence-corrected chi connectivity index (χ0v) is 6.88. The van der Waals surface area contributed by atoms with Crippen LogP contribution in [0.5, 0.6) is 0 Å². The minimum Gasteiger partial charge on any atom is -0.396 e. The van der Waals surface area contributed by atoms with Crippen LogP contribution in [0.1, 0.15) is 5.56 Å². The molecule has 0 aliphatic carbocycles. The molecule has 0 aromatic heterocycles. The molecule has 0 atom stereocenters. The SMILES string of the molecule is Nc1c(C(F)(F)F)ccc(Cl)c1F. The Bertz CT molecular complexity index is 334. The molecule has 6 heteroatoms. The van der Waals surface area contributed by atoms with Crippen LogP contribution in [0.15, 0.2) is 12.1 Å². The predicted octanol–water partition coefficient (Wildman–Crippen LogP) is 3.08. The summed E-state index contributed by atoms with van der Waals surface area (Å²) in [5, 5.41) is -0.425. The highest BCUT2D eigenvalue weighted by Gasteiger charge is 2.34. The van der Waals surface area contributed by atoms with E-state index in [9.17, 15) is 17.6 Å². The molecule has 1 aromatic rings. The second-order valence-electron chi connectivity index (χ2n) is 2.32. The van der Waals surface area contributed by atoms with E-state index in [0.29, 0.717) is 6.07 Å². The lowest BCUT2D eigenvalue weighted by molar-refractivity contribution is -0.137. The summed E-state index contributed by atoms with van der Waals surface area (Å²) in [6.07, 6.45) is -4.66. The van der Waals surface area contributed by atoms with Crippen molar-refractivity contribution in [3.8, 4) is 0 Å². The summed E-state index contributed by atoms with van der Waals surface area (Å²) >= 11 is 5.21. The van der Waals surface area contributed by atoms with Crippen molar-refractivity contribution < 1.29 is 17.6 Å². The Balaban J connectivity index is 3.35. The van der Waals surface area contributed by atoms with Crippen LogP contribution in [0, 0.1) is 5.82 Å². The number of hydrogen-bond acceptors (Lipinski definition) is 1. The van der Waals surface area contributed by atoms with Crippen molar-refractivity contribution in [2.75, 3.05) is 5.73 Å². The highest BCUT2D eigenvalue weighted by molar-refractivity contribution is 6.31. The standard InChI is InChI=1S/C7H4ClF4N/c8-4-2-1-3(7(10,11)12)6(13)5(4)9/h1-2H,13H2. The van der Waals surface area contributed by atoms with E-state index in [2.05, 4.69) is 0 Å². The molecule has 0 amide bonds. The maximum absolute atomic E-state index is 12.8. The van der Waals surface area contributed by atoms with Gasteiger partial charge in [0.2, 0.25) is 0 Å². The van der Waals surface area contributed by atoms with E-state index in [-0.39, 0.29) is 0 Å². The summed E-state index contributed by atoms with van der Waals surface area (Å²) in [5.74, 6) is -1.24. The van der Waals surface area contributed by atoms with Gasteiger partial charge in [0, 0.05) is 0 Å². The normalized spacial score (nSPS) is 11.8. The maximum atomic E-state index is 12.8. The summed E-state index contributed by atoms with van der Waals surface area (Å²) in [5.41, 5.74) is 2.70. The van der Waals surface area contributed by atoms with Crippen LogP contribution in [0.4, 0.5) is 23.2 Å². The Morgan fingerprint density at radius 2 is 1.77 bits per heavy atom. The fourth-order valence-corrected chi connectivity index (χ4v) is 0.978. The van der Waals surface area contributed by atoms with Gasteiger partial charge in [-0.25, -0.2) is 4.39 Å². The molecule has 0 aliphatic rings. The summed E-state index contributed by atoms with van der Waals surface area (Å²) in [4.78, 5) is 0. The van der Waals surface area contributed by atoms with E-state index in [0.717, 1.165) is 6.07 Å². The van der Waals surface area contributed by atoms with Crippen molar-refractivity contribution in [2.24, 2.45) is 0 Å². The Hall–Kier alpha value is -0.970. The summed E-state index contributed by atoms with van der Waals surface area (Å²) in [7, 11) is 0. The Morgan fingerprint density at radius 3 is 2.23 bits per heavy atom. The largest absolute Gasteiger partial charge is 0.418 e. The second kappa shape index (κ2) is 3.06. The Kier molecular flexibility index (Phi) is 2.38. The van der Waals surface area contributed by atoms with E-state index in [1.807, 2.05) is 0 Å². The number of hydrogen-bond donors (Lipinski definition) is 1. The third-order valence-corrected chi connectivity index (χ3v) is 1.73. The van der Waals surface area contributed by atoms with Gasteiger partial charge >= 0.3 is 6.18 Å². The van der Waals surface area contributed by atoms with Crippen LogP contribution in [0.3, 0.4) is 0 Å². The quantitative estimate of drug-likeness (QED) is 0.520. The highest BCUT2D eigenvalue weighted by Crippen LogP contribution is 2.36. The molecule has 0 spiro atoms. The second-order valence-corrected chi connectivity index (χ2v) is 2.73. The summed E-state index contributed by atoms with van der Waals surface area (Å²) in [6.45, 7) is 0. The van der Waals surface area contributed by atoms with Crippen molar-refractivity contribution in [3.05, 3.63) is 28.5 Å². The number of anilines is 1. The van der Waals surface area contributed by atoms with Crippen LogP contribution >= 0.6 is 11.6 Å². The fourth-order valence-electron chi connectivity index (χ4n) is 0.814. The molecule has 13 heavy (non-hydrogen) atoms. The third-order valence-electron chi connectivity index (χ3n) is 1.44. The number of nitrogen functional groups attached to an aromatic ring is 1. The van der Waals surface area contributed by atoms with Gasteiger partial charge in [-0.05, 0) is 12.1 Å². The monoisotopic (exact) mass is 213 g/mol. The van der Waals surface area contributed by atoms with Crippen LogP contribution in [0.25, 0.3) is 0 Å². The Labute approximate surface area is 76.1 Å². The van der Waals surface area contributed by atoms with Gasteiger partial charge in [0.25, 0.3) is 0 Å². The molecule has 1 aromatic carbocycles. The van der Waals surface area contributed by atoms with Crippen molar-refractivity contribution >= 4 is 17.3 Å². The smallest absolute Gasteiger partial charge is 0.396 e. The Morgan fingerprint density at radius 1 is 1.23 bits per heavy atom. The zero-order chi connectivity index (χ0) is 10.2. The summed E-state index contributed by atoms with van der Waals surface area (Å²) in [6, 6.07) is 1.46. The number of benzene rings is 1. The number of alkyl halides is 3. The molecule has 2 N–H and O–H groups in total. The van der Waals surface area contributed by atoms with Gasteiger partial charge in [-0.3, -0.25) is 0 Å². The summed E-state index contributed by atoms with van der Waals surface area (Å²) < 4.78 is 49.0. The molecule has 0 unspecified atom stereocenters. The van der Waals surface area contributed by atoms with E-state index in [1.54, 1.807) is 0 Å². The topological polar surface area (TPSA) is 26.0 Å². The van der Waals surface area contributed by atoms with Crippen molar-refractivity contribution in [2.45, 2.75) is 6.18 Å². The lowest BCUT2D eigenvalue weighted by Gasteiger charge is -2.10. The molecule has 72 valence electrons. The van der Waals surface area contributed by atoms with E-state index < -0.39 is 28.3 Å². The molecule has 0 saturated heterocycles. The number of halogens is 5. The van der Waals surface area contributed by atoms with Gasteiger partial charge in [0.15, 0.2) is 5.82 Å². The highest BCUT2D eigenvalue weighted by atomic mass is 35.5. The van der Waals surface area contributed by atoms with E-state index in [4.69, 9.17) is 17.3 Å². The molecule has 1 nitrogen and oxygen atoms in total. The first kappa shape index (κ1) is 10.1. The molecular weight excluding hydrogens is 210 g/mol. The molecule has 0 heterocycles. The van der Waals surface area contributed by atoms with Crippen molar-refractivity contribution in [1.82, 2.24) is 0 Å². The average Bonchev–Trinajstić information content (AvgIpc) is 1.98. The van der Waals surface area contributed by atoms with Gasteiger partial charge in [-0.2, -0.15) is 13.2 Å². The van der Waals surface area contributed by atoms with Crippen LogP contribution in [-0.4, -0.2) is 0 Å². The average molecular weight is 214 g/mol. The van der Waals surface area contributed by atoms with E-state index in [1.165, 1.54) is 0 Å². The van der Waals surface area contributed by atoms with Crippen LogP contribution in [0.2, 0.25) is 5.02 Å². The molecule has 0 radical (unpaired) electrons. The first-order valence-electron chi connectivity index (χ1n) is 3.14. The van der Waals surface area contributed by atoms with Crippen LogP contribution < -0.4 is 5.73 Å². The third kappa shape index (κ3) is 1.85. The fraction of sp³-hybridized carbons (Fsp3) is 0.143.